The molecule has 0 radical (unpaired) electrons. The number of aromatic nitrogens is 1. The van der Waals surface area contributed by atoms with Crippen molar-refractivity contribution in [1.82, 2.24) is 9.88 Å². The molecule has 0 unspecified atom stereocenters. The molecule has 4 rings (SSSR count). The van der Waals surface area contributed by atoms with E-state index in [0.717, 1.165) is 49.3 Å². The zero-order valence-corrected chi connectivity index (χ0v) is 24.1. The van der Waals surface area contributed by atoms with Gasteiger partial charge in [-0.05, 0) is 55.0 Å². The Bertz CT molecular complexity index is 1240. The minimum atomic E-state index is -2.74. The molecule has 1 aliphatic carbocycles. The lowest BCUT2D eigenvalue weighted by Crippen LogP contribution is -2.42. The van der Waals surface area contributed by atoms with Crippen LogP contribution >= 0.6 is 0 Å². The van der Waals surface area contributed by atoms with Crippen molar-refractivity contribution in [2.75, 3.05) is 34.4 Å². The van der Waals surface area contributed by atoms with Gasteiger partial charge in [-0.2, -0.15) is 0 Å². The second-order valence-corrected chi connectivity index (χ2v) is 10.8. The maximum atomic E-state index is 11.5. The van der Waals surface area contributed by atoms with Crippen LogP contribution in [-0.2, 0) is 26.5 Å². The average Bonchev–Trinajstić information content (AvgIpc) is 3.47. The lowest BCUT2D eigenvalue weighted by Gasteiger charge is -2.30. The number of aliphatic hydroxyl groups is 2. The predicted molar refractivity (Wildman–Crippen MR) is 148 cm³/mol. The molecule has 5 N–H and O–H groups in total. The molecule has 2 heterocycles. The molecule has 42 heavy (non-hydrogen) atoms. The van der Waals surface area contributed by atoms with E-state index in [1.54, 1.807) is 21.3 Å². The maximum absolute atomic E-state index is 11.5. The molecule has 1 saturated heterocycles. The van der Waals surface area contributed by atoms with Crippen LogP contribution in [0.15, 0.2) is 30.5 Å². The van der Waals surface area contributed by atoms with Crippen LogP contribution in [0, 0.1) is 18.8 Å². The van der Waals surface area contributed by atoms with Crippen molar-refractivity contribution in [3.05, 3.63) is 47.3 Å². The first-order chi connectivity index (χ1) is 19.8. The summed E-state index contributed by atoms with van der Waals surface area (Å²) in [6.07, 6.45) is 1.38. The van der Waals surface area contributed by atoms with Gasteiger partial charge in [0.2, 0.25) is 5.75 Å². The number of likely N-dealkylation sites (tertiary alicyclic amines) is 1. The summed E-state index contributed by atoms with van der Waals surface area (Å²) in [6.45, 7) is 4.64. The molecular formula is C29H38N2O11. The van der Waals surface area contributed by atoms with E-state index in [9.17, 15) is 19.5 Å². The molecule has 0 bridgehead atoms. The largest absolute Gasteiger partial charge is 0.493 e. The summed E-state index contributed by atoms with van der Waals surface area (Å²) >= 11 is 0. The number of fused-ring (bicyclic) bond motifs is 1. The smallest absolute Gasteiger partial charge is 0.336 e. The molecular weight excluding hydrogens is 552 g/mol. The molecule has 2 fully saturated rings. The molecule has 3 atom stereocenters. The predicted octanol–water partition coefficient (Wildman–Crippen LogP) is 1.90. The fourth-order valence-corrected chi connectivity index (χ4v) is 5.75. The number of carboxylic acids is 3. The Kier molecular flexibility index (Phi) is 10.4. The van der Waals surface area contributed by atoms with E-state index >= 15 is 0 Å². The van der Waals surface area contributed by atoms with Crippen LogP contribution in [0.5, 0.6) is 17.2 Å². The number of hydrogen-bond acceptors (Lipinski definition) is 10. The summed E-state index contributed by atoms with van der Waals surface area (Å²) in [6, 6.07) is 8.03. The van der Waals surface area contributed by atoms with E-state index in [2.05, 4.69) is 9.88 Å². The van der Waals surface area contributed by atoms with Gasteiger partial charge in [-0.25, -0.2) is 4.79 Å². The first-order valence-electron chi connectivity index (χ1n) is 13.3. The molecule has 1 aliphatic heterocycles. The van der Waals surface area contributed by atoms with E-state index in [1.165, 1.54) is 0 Å². The van der Waals surface area contributed by atoms with E-state index in [1.807, 2.05) is 37.4 Å². The fourth-order valence-electron chi connectivity index (χ4n) is 5.75. The molecule has 2 aliphatic rings. The van der Waals surface area contributed by atoms with Gasteiger partial charge in [0.05, 0.1) is 39.9 Å². The fraction of sp³-hybridized carbons (Fsp3) is 0.517. The Labute approximate surface area is 243 Å². The van der Waals surface area contributed by atoms with Gasteiger partial charge in [0.1, 0.15) is 5.60 Å². The molecule has 0 spiro atoms. The summed E-state index contributed by atoms with van der Waals surface area (Å²) in [5.74, 6) is -2.38. The molecule has 13 heteroatoms. The van der Waals surface area contributed by atoms with Crippen molar-refractivity contribution >= 4 is 17.9 Å². The first kappa shape index (κ1) is 32.6. The summed E-state index contributed by atoms with van der Waals surface area (Å²) < 4.78 is 16.4. The number of carboxylic acid groups (broad SMARTS) is 3. The number of carbonyl (C=O) groups is 3. The van der Waals surface area contributed by atoms with Crippen molar-refractivity contribution < 1.29 is 54.1 Å². The Morgan fingerprint density at radius 3 is 2.05 bits per heavy atom. The van der Waals surface area contributed by atoms with Gasteiger partial charge in [0.25, 0.3) is 0 Å². The molecule has 2 aromatic rings. The highest BCUT2D eigenvalue weighted by Gasteiger charge is 2.53. The molecule has 13 nitrogen and oxygen atoms in total. The van der Waals surface area contributed by atoms with Gasteiger partial charge in [0, 0.05) is 31.7 Å². The molecule has 1 aromatic carbocycles. The minimum Gasteiger partial charge on any atom is -0.493 e. The second kappa shape index (κ2) is 13.4. The molecule has 1 saturated carbocycles. The average molecular weight is 591 g/mol. The van der Waals surface area contributed by atoms with Crippen molar-refractivity contribution in [2.24, 2.45) is 11.8 Å². The van der Waals surface area contributed by atoms with Crippen molar-refractivity contribution in [1.29, 1.82) is 0 Å². The molecule has 230 valence electrons. The molecule has 1 aromatic heterocycles. The Morgan fingerprint density at radius 2 is 1.60 bits per heavy atom. The van der Waals surface area contributed by atoms with Crippen LogP contribution in [0.4, 0.5) is 0 Å². The van der Waals surface area contributed by atoms with E-state index in [0.29, 0.717) is 23.2 Å². The van der Waals surface area contributed by atoms with Gasteiger partial charge in [-0.15, -0.1) is 0 Å². The lowest BCUT2D eigenvalue weighted by atomic mass is 9.85. The van der Waals surface area contributed by atoms with Gasteiger partial charge >= 0.3 is 17.9 Å². The second-order valence-electron chi connectivity index (χ2n) is 10.8. The molecule has 0 amide bonds. The standard InChI is InChI=1S/C23H30N2O4.C6H8O7/c1-15-5-6-21(24-11-15)23(26)8-7-17-13-25(14-18(17)23)12-16-9-19(27-2)22(29-4)20(10-16)28-3;7-3(8)1-6(13,5(11)12)2-4(9)10/h5-6,9-11,17-18,26H,7-8,12-14H2,1-4H3;13H,1-2H2,(H,7,8)(H,9,10)(H,11,12)/t17-,18+,23-;/m0./s1. The van der Waals surface area contributed by atoms with E-state index < -0.39 is 42.0 Å². The number of benzene rings is 1. The monoisotopic (exact) mass is 590 g/mol. The summed E-state index contributed by atoms with van der Waals surface area (Å²) in [5, 5.41) is 45.3. The summed E-state index contributed by atoms with van der Waals surface area (Å²) in [5.41, 5.74) is -0.538. The van der Waals surface area contributed by atoms with Crippen LogP contribution in [0.25, 0.3) is 0 Å². The zero-order chi connectivity index (χ0) is 31.2. The van der Waals surface area contributed by atoms with Crippen LogP contribution in [0.1, 0.15) is 42.5 Å². The Morgan fingerprint density at radius 1 is 1.00 bits per heavy atom. The van der Waals surface area contributed by atoms with E-state index in [4.69, 9.17) is 34.6 Å². The first-order valence-corrected chi connectivity index (χ1v) is 13.3. The highest BCUT2D eigenvalue weighted by molar-refractivity contribution is 5.88. The zero-order valence-electron chi connectivity index (χ0n) is 24.1. The topological polar surface area (TPSA) is 196 Å². The number of hydrogen-bond donors (Lipinski definition) is 5. The van der Waals surface area contributed by atoms with Crippen molar-refractivity contribution in [3.63, 3.8) is 0 Å². The number of ether oxygens (including phenoxy) is 3. The number of aryl methyl sites for hydroxylation is 1. The van der Waals surface area contributed by atoms with Crippen molar-refractivity contribution in [2.45, 2.75) is 50.4 Å². The summed E-state index contributed by atoms with van der Waals surface area (Å²) in [7, 11) is 4.88. The third kappa shape index (κ3) is 7.27. The normalized spacial score (nSPS) is 21.6. The van der Waals surface area contributed by atoms with Crippen LogP contribution in [0.2, 0.25) is 0 Å². The maximum Gasteiger partial charge on any atom is 0.336 e. The minimum absolute atomic E-state index is 0.208. The highest BCUT2D eigenvalue weighted by Crippen LogP contribution is 2.50. The SMILES string of the molecule is COc1cc(CN2C[C@@H]3CC[C@@](O)(c4ccc(C)cn4)[C@@H]3C2)cc(OC)c1OC.O=C(O)CC(O)(CC(=O)O)C(=O)O. The lowest BCUT2D eigenvalue weighted by molar-refractivity contribution is -0.170. The number of rotatable bonds is 11. The van der Waals surface area contributed by atoms with Crippen molar-refractivity contribution in [3.8, 4) is 17.2 Å². The number of nitrogens with zero attached hydrogens (tertiary/aromatic N) is 2. The number of aliphatic carboxylic acids is 3. The van der Waals surface area contributed by atoms with Gasteiger partial charge in [-0.1, -0.05) is 6.07 Å². The number of pyridine rings is 1. The van der Waals surface area contributed by atoms with Crippen LogP contribution in [-0.4, -0.2) is 93.3 Å². The third-order valence-corrected chi connectivity index (χ3v) is 7.80. The van der Waals surface area contributed by atoms with Gasteiger partial charge in [-0.3, -0.25) is 19.5 Å². The highest BCUT2D eigenvalue weighted by atomic mass is 16.5. The van der Waals surface area contributed by atoms with Crippen LogP contribution in [0.3, 0.4) is 0 Å². The van der Waals surface area contributed by atoms with Gasteiger partial charge in [0.15, 0.2) is 17.1 Å². The Balaban J connectivity index is 0.000000316. The quantitative estimate of drug-likeness (QED) is 0.255. The Hall–Kier alpha value is -3.94. The summed E-state index contributed by atoms with van der Waals surface area (Å²) in [4.78, 5) is 37.4. The number of methoxy groups -OCH3 is 3. The third-order valence-electron chi connectivity index (χ3n) is 7.80. The van der Waals surface area contributed by atoms with E-state index in [-0.39, 0.29) is 5.92 Å². The van der Waals surface area contributed by atoms with Crippen LogP contribution < -0.4 is 14.2 Å². The van der Waals surface area contributed by atoms with Gasteiger partial charge < -0.3 is 39.7 Å².